The number of hydrogen-bond donors (Lipinski definition) is 2. The quantitative estimate of drug-likeness (QED) is 0.743. The number of ether oxygens (including phenoxy) is 1. The van der Waals surface area contributed by atoms with Gasteiger partial charge in [0.05, 0.1) is 24.5 Å². The highest BCUT2D eigenvalue weighted by Gasteiger charge is 2.08. The van der Waals surface area contributed by atoms with E-state index in [1.54, 1.807) is 35.2 Å². The predicted molar refractivity (Wildman–Crippen MR) is 90.4 cm³/mol. The van der Waals surface area contributed by atoms with Crippen LogP contribution in [0.25, 0.3) is 11.0 Å². The van der Waals surface area contributed by atoms with Crippen LogP contribution in [-0.2, 0) is 6.54 Å². The number of hydrogen-bond acceptors (Lipinski definition) is 4. The summed E-state index contributed by atoms with van der Waals surface area (Å²) in [5.74, 6) is 0.344. The zero-order valence-corrected chi connectivity index (χ0v) is 13.5. The van der Waals surface area contributed by atoms with Gasteiger partial charge in [-0.2, -0.15) is 0 Å². The van der Waals surface area contributed by atoms with E-state index in [-0.39, 0.29) is 11.5 Å². The van der Waals surface area contributed by atoms with Crippen molar-refractivity contribution in [3.05, 3.63) is 58.3 Å². The zero-order chi connectivity index (χ0) is 17.1. The van der Waals surface area contributed by atoms with Crippen molar-refractivity contribution in [2.75, 3.05) is 13.7 Å². The molecule has 0 unspecified atom stereocenters. The summed E-state index contributed by atoms with van der Waals surface area (Å²) in [7, 11) is 1.52. The highest BCUT2D eigenvalue weighted by Crippen LogP contribution is 2.11. The second-order valence-electron chi connectivity index (χ2n) is 5.42. The number of fused-ring (bicyclic) bond motifs is 1. The van der Waals surface area contributed by atoms with Crippen LogP contribution < -0.4 is 15.6 Å². The van der Waals surface area contributed by atoms with Gasteiger partial charge in [-0.1, -0.05) is 0 Å². The third-order valence-corrected chi connectivity index (χ3v) is 3.85. The fourth-order valence-electron chi connectivity index (χ4n) is 2.56. The molecule has 0 spiro atoms. The number of rotatable bonds is 5. The Morgan fingerprint density at radius 2 is 2.17 bits per heavy atom. The molecule has 24 heavy (non-hydrogen) atoms. The number of aryl methyl sites for hydroxylation is 1. The number of aromatic nitrogens is 3. The van der Waals surface area contributed by atoms with Crippen molar-refractivity contribution in [1.82, 2.24) is 19.9 Å². The van der Waals surface area contributed by atoms with Gasteiger partial charge < -0.3 is 19.6 Å². The molecule has 0 radical (unpaired) electrons. The SMILES string of the molecule is COc1cc(C)n(CCNC(=O)c2ccc3nc[nH]c3c2)c(=O)c1. The number of benzene rings is 1. The van der Waals surface area contributed by atoms with Crippen LogP contribution in [0.4, 0.5) is 0 Å². The first-order chi connectivity index (χ1) is 11.6. The topological polar surface area (TPSA) is 89.0 Å². The number of imidazole rings is 1. The van der Waals surface area contributed by atoms with Crippen LogP contribution in [0.15, 0.2) is 41.5 Å². The smallest absolute Gasteiger partial charge is 0.254 e. The maximum atomic E-state index is 12.2. The summed E-state index contributed by atoms with van der Waals surface area (Å²) in [5.41, 5.74) is 2.80. The summed E-state index contributed by atoms with van der Waals surface area (Å²) in [6.45, 7) is 2.58. The summed E-state index contributed by atoms with van der Waals surface area (Å²) >= 11 is 0. The van der Waals surface area contributed by atoms with Gasteiger partial charge in [0.1, 0.15) is 5.75 Å². The molecular weight excluding hydrogens is 308 g/mol. The van der Waals surface area contributed by atoms with E-state index < -0.39 is 0 Å². The number of methoxy groups -OCH3 is 1. The van der Waals surface area contributed by atoms with E-state index in [2.05, 4.69) is 15.3 Å². The minimum Gasteiger partial charge on any atom is -0.496 e. The van der Waals surface area contributed by atoms with Gasteiger partial charge >= 0.3 is 0 Å². The lowest BCUT2D eigenvalue weighted by atomic mass is 10.2. The third-order valence-electron chi connectivity index (χ3n) is 3.85. The molecular formula is C17H18N4O3. The fourth-order valence-corrected chi connectivity index (χ4v) is 2.56. The summed E-state index contributed by atoms with van der Waals surface area (Å²) in [6.07, 6.45) is 1.59. The number of nitrogens with one attached hydrogen (secondary N) is 2. The van der Waals surface area contributed by atoms with Crippen molar-refractivity contribution in [3.8, 4) is 5.75 Å². The number of carbonyl (C=O) groups is 1. The Balaban J connectivity index is 1.66. The van der Waals surface area contributed by atoms with Crippen LogP contribution >= 0.6 is 0 Å². The molecule has 1 aromatic carbocycles. The number of carbonyl (C=O) groups excluding carboxylic acids is 1. The van der Waals surface area contributed by atoms with Crippen molar-refractivity contribution in [2.24, 2.45) is 0 Å². The minimum absolute atomic E-state index is 0.153. The van der Waals surface area contributed by atoms with Crippen molar-refractivity contribution in [1.29, 1.82) is 0 Å². The molecule has 0 fully saturated rings. The maximum absolute atomic E-state index is 12.2. The number of aromatic amines is 1. The van der Waals surface area contributed by atoms with Gasteiger partial charge in [-0.25, -0.2) is 4.98 Å². The standard InChI is InChI=1S/C17H18N4O3/c1-11-7-13(24-2)9-16(22)21(11)6-5-18-17(23)12-3-4-14-15(8-12)20-10-19-14/h3-4,7-10H,5-6H2,1-2H3,(H,18,23)(H,19,20). The largest absolute Gasteiger partial charge is 0.496 e. The molecule has 0 atom stereocenters. The number of amides is 1. The molecule has 3 rings (SSSR count). The highest BCUT2D eigenvalue weighted by molar-refractivity contribution is 5.97. The fraction of sp³-hybridized carbons (Fsp3) is 0.235. The predicted octanol–water partition coefficient (Wildman–Crippen LogP) is 1.47. The van der Waals surface area contributed by atoms with Crippen LogP contribution in [0.2, 0.25) is 0 Å². The van der Waals surface area contributed by atoms with Crippen molar-refractivity contribution < 1.29 is 9.53 Å². The Labute approximate surface area is 138 Å². The minimum atomic E-state index is -0.189. The van der Waals surface area contributed by atoms with E-state index in [9.17, 15) is 9.59 Å². The Morgan fingerprint density at radius 1 is 1.33 bits per heavy atom. The number of pyridine rings is 1. The van der Waals surface area contributed by atoms with E-state index in [1.807, 2.05) is 6.92 Å². The molecule has 124 valence electrons. The lowest BCUT2D eigenvalue weighted by molar-refractivity contribution is 0.0952. The van der Waals surface area contributed by atoms with Crippen molar-refractivity contribution >= 4 is 16.9 Å². The Bertz CT molecular complexity index is 942. The summed E-state index contributed by atoms with van der Waals surface area (Å²) in [5, 5.41) is 2.82. The molecule has 2 aromatic heterocycles. The zero-order valence-electron chi connectivity index (χ0n) is 13.5. The van der Waals surface area contributed by atoms with Crippen LogP contribution in [0.3, 0.4) is 0 Å². The van der Waals surface area contributed by atoms with Gasteiger partial charge in [-0.05, 0) is 31.2 Å². The molecule has 7 nitrogen and oxygen atoms in total. The van der Waals surface area contributed by atoms with Crippen molar-refractivity contribution in [2.45, 2.75) is 13.5 Å². The first-order valence-electron chi connectivity index (χ1n) is 7.55. The molecule has 0 saturated heterocycles. The third kappa shape index (κ3) is 3.15. The average Bonchev–Trinajstić information content (AvgIpc) is 3.04. The molecule has 0 saturated carbocycles. The first-order valence-corrected chi connectivity index (χ1v) is 7.55. The van der Waals surface area contributed by atoms with E-state index in [0.29, 0.717) is 24.4 Å². The number of nitrogens with zero attached hydrogens (tertiary/aromatic N) is 2. The molecule has 2 heterocycles. The van der Waals surface area contributed by atoms with Gasteiger partial charge in [0.2, 0.25) is 0 Å². The first kappa shape index (κ1) is 15.8. The van der Waals surface area contributed by atoms with Crippen LogP contribution in [0.1, 0.15) is 16.1 Å². The van der Waals surface area contributed by atoms with Gasteiger partial charge in [-0.3, -0.25) is 9.59 Å². The van der Waals surface area contributed by atoms with E-state index in [0.717, 1.165) is 16.7 Å². The maximum Gasteiger partial charge on any atom is 0.254 e. The Morgan fingerprint density at radius 3 is 2.92 bits per heavy atom. The molecule has 0 aliphatic heterocycles. The lowest BCUT2D eigenvalue weighted by Crippen LogP contribution is -2.31. The van der Waals surface area contributed by atoms with Gasteiger partial charge in [0.25, 0.3) is 11.5 Å². The Hall–Kier alpha value is -3.09. The molecule has 0 aliphatic rings. The molecule has 0 bridgehead atoms. The van der Waals surface area contributed by atoms with Gasteiger partial charge in [-0.15, -0.1) is 0 Å². The molecule has 1 amide bonds. The van der Waals surface area contributed by atoms with Crippen LogP contribution in [0, 0.1) is 6.92 Å². The normalized spacial score (nSPS) is 10.8. The van der Waals surface area contributed by atoms with Crippen LogP contribution in [0.5, 0.6) is 5.75 Å². The average molecular weight is 326 g/mol. The van der Waals surface area contributed by atoms with Gasteiger partial charge in [0, 0.05) is 30.4 Å². The van der Waals surface area contributed by atoms with Crippen LogP contribution in [-0.4, -0.2) is 34.1 Å². The van der Waals surface area contributed by atoms with Crippen molar-refractivity contribution in [3.63, 3.8) is 0 Å². The molecule has 0 aliphatic carbocycles. The summed E-state index contributed by atoms with van der Waals surface area (Å²) in [4.78, 5) is 31.4. The second kappa shape index (κ2) is 6.57. The summed E-state index contributed by atoms with van der Waals surface area (Å²) < 4.78 is 6.67. The van der Waals surface area contributed by atoms with E-state index in [1.165, 1.54) is 13.2 Å². The molecule has 3 aromatic rings. The molecule has 2 N–H and O–H groups in total. The highest BCUT2D eigenvalue weighted by atomic mass is 16.5. The summed E-state index contributed by atoms with van der Waals surface area (Å²) in [6, 6.07) is 8.49. The van der Waals surface area contributed by atoms with E-state index >= 15 is 0 Å². The van der Waals surface area contributed by atoms with E-state index in [4.69, 9.17) is 4.74 Å². The monoisotopic (exact) mass is 326 g/mol. The second-order valence-corrected chi connectivity index (χ2v) is 5.42. The number of H-pyrrole nitrogens is 1. The van der Waals surface area contributed by atoms with Gasteiger partial charge in [0.15, 0.2) is 0 Å². The molecule has 7 heteroatoms. The Kier molecular flexibility index (Phi) is 4.33. The lowest BCUT2D eigenvalue weighted by Gasteiger charge is -2.12.